The molecule has 2 aromatic rings. The molecule has 5 N–H and O–H groups in total. The molecule has 0 radical (unpaired) electrons. The first kappa shape index (κ1) is 22.5. The number of carboxylic acid groups (broad SMARTS) is 1. The molecule has 0 saturated carbocycles. The first-order valence-corrected chi connectivity index (χ1v) is 7.74. The van der Waals surface area contributed by atoms with Gasteiger partial charge in [0.25, 0.3) is 0 Å². The fourth-order valence-electron chi connectivity index (χ4n) is 1.90. The summed E-state index contributed by atoms with van der Waals surface area (Å²) in [7, 11) is 0. The number of aliphatic carboxylic acids is 1. The van der Waals surface area contributed by atoms with Gasteiger partial charge in [-0.05, 0) is 25.1 Å². The molecule has 0 fully saturated rings. The Hall–Kier alpha value is -2.50. The number of nitrogens with one attached hydrogen (secondary N) is 1. The lowest BCUT2D eigenvalue weighted by molar-refractivity contribution is -0.192. The summed E-state index contributed by atoms with van der Waals surface area (Å²) < 4.78 is 46.6. The summed E-state index contributed by atoms with van der Waals surface area (Å²) in [6.45, 7) is 2.81. The van der Waals surface area contributed by atoms with Gasteiger partial charge < -0.3 is 21.3 Å². The van der Waals surface area contributed by atoms with E-state index < -0.39 is 12.1 Å². The van der Waals surface area contributed by atoms with Crippen LogP contribution in [-0.4, -0.2) is 51.3 Å². The number of hydrogen-bond acceptors (Lipinski definition) is 5. The second-order valence-corrected chi connectivity index (χ2v) is 5.46. The molecule has 1 heterocycles. The van der Waals surface area contributed by atoms with E-state index in [0.29, 0.717) is 18.8 Å². The molecule has 1 aromatic heterocycles. The summed E-state index contributed by atoms with van der Waals surface area (Å²) in [5.41, 5.74) is 8.04. The van der Waals surface area contributed by atoms with Gasteiger partial charge in [-0.1, -0.05) is 6.07 Å². The van der Waals surface area contributed by atoms with E-state index in [4.69, 9.17) is 20.7 Å². The van der Waals surface area contributed by atoms with Gasteiger partial charge in [0.2, 0.25) is 0 Å². The zero-order valence-electron chi connectivity index (χ0n) is 14.4. The van der Waals surface area contributed by atoms with Gasteiger partial charge in [-0.3, -0.25) is 0 Å². The molecule has 0 amide bonds. The molecule has 0 bridgehead atoms. The van der Waals surface area contributed by atoms with Crippen molar-refractivity contribution in [2.75, 3.05) is 13.2 Å². The van der Waals surface area contributed by atoms with Crippen LogP contribution in [0, 0.1) is 12.7 Å². The maximum atomic E-state index is 13.2. The quantitative estimate of drug-likeness (QED) is 0.552. The fourth-order valence-corrected chi connectivity index (χ4v) is 1.90. The van der Waals surface area contributed by atoms with Crippen molar-refractivity contribution in [1.29, 1.82) is 0 Å². The molecular weight excluding hydrogens is 372 g/mol. The predicted octanol–water partition coefficient (Wildman–Crippen LogP) is 1.36. The highest BCUT2D eigenvalue weighted by Gasteiger charge is 2.38. The van der Waals surface area contributed by atoms with Gasteiger partial charge in [-0.2, -0.15) is 18.3 Å². The van der Waals surface area contributed by atoms with Crippen LogP contribution in [0.2, 0.25) is 0 Å². The number of halogens is 4. The number of nitrogens with two attached hydrogens (primary N) is 1. The highest BCUT2D eigenvalue weighted by atomic mass is 19.4. The van der Waals surface area contributed by atoms with Crippen LogP contribution in [0.4, 0.5) is 17.6 Å². The van der Waals surface area contributed by atoms with E-state index in [1.165, 1.54) is 12.1 Å². The number of rotatable bonds is 6. The lowest BCUT2D eigenvalue weighted by Crippen LogP contribution is -2.38. The maximum absolute atomic E-state index is 13.2. The minimum absolute atomic E-state index is 0.00637. The summed E-state index contributed by atoms with van der Waals surface area (Å²) in [4.78, 5) is 8.90. The van der Waals surface area contributed by atoms with Crippen molar-refractivity contribution < 1.29 is 32.6 Å². The third-order valence-electron chi connectivity index (χ3n) is 3.40. The van der Waals surface area contributed by atoms with Gasteiger partial charge in [0.05, 0.1) is 18.0 Å². The summed E-state index contributed by atoms with van der Waals surface area (Å²) in [6.07, 6.45) is -3.23. The largest absolute Gasteiger partial charge is 0.490 e. The van der Waals surface area contributed by atoms with Crippen LogP contribution in [0.5, 0.6) is 0 Å². The number of benzene rings is 1. The number of carboxylic acids is 1. The van der Waals surface area contributed by atoms with Gasteiger partial charge in [0, 0.05) is 30.9 Å². The lowest BCUT2D eigenvalue weighted by atomic mass is 10.2. The number of carbonyl (C=O) groups is 1. The van der Waals surface area contributed by atoms with Crippen LogP contribution in [0.15, 0.2) is 30.5 Å². The number of hydrogen-bond donors (Lipinski definition) is 4. The highest BCUT2D eigenvalue weighted by Crippen LogP contribution is 2.14. The van der Waals surface area contributed by atoms with Crippen LogP contribution in [0.1, 0.15) is 11.3 Å². The van der Waals surface area contributed by atoms with Gasteiger partial charge in [-0.15, -0.1) is 0 Å². The molecule has 0 aliphatic rings. The second-order valence-electron chi connectivity index (χ2n) is 5.46. The number of aliphatic hydroxyl groups excluding tert-OH is 1. The molecule has 11 heteroatoms. The summed E-state index contributed by atoms with van der Waals surface area (Å²) in [5, 5.41) is 23.7. The Labute approximate surface area is 152 Å². The van der Waals surface area contributed by atoms with Crippen molar-refractivity contribution in [2.45, 2.75) is 25.7 Å². The molecule has 1 atom stereocenters. The number of nitrogens with zero attached hydrogens (tertiary/aromatic N) is 2. The molecule has 0 spiro atoms. The van der Waals surface area contributed by atoms with Crippen LogP contribution in [0.3, 0.4) is 0 Å². The van der Waals surface area contributed by atoms with Crippen LogP contribution < -0.4 is 11.1 Å². The van der Waals surface area contributed by atoms with Crippen LogP contribution in [-0.2, 0) is 11.3 Å². The number of aromatic nitrogens is 2. The van der Waals surface area contributed by atoms with Gasteiger partial charge in [0.1, 0.15) is 5.82 Å². The summed E-state index contributed by atoms with van der Waals surface area (Å²) >= 11 is 0. The Morgan fingerprint density at radius 1 is 1.41 bits per heavy atom. The van der Waals surface area contributed by atoms with Crippen molar-refractivity contribution in [3.8, 4) is 5.69 Å². The zero-order valence-corrected chi connectivity index (χ0v) is 14.4. The van der Waals surface area contributed by atoms with Crippen molar-refractivity contribution in [3.63, 3.8) is 0 Å². The van der Waals surface area contributed by atoms with Crippen molar-refractivity contribution in [1.82, 2.24) is 15.1 Å². The molecule has 0 saturated heterocycles. The Bertz CT molecular complexity index is 746. The predicted molar refractivity (Wildman–Crippen MR) is 88.7 cm³/mol. The molecular formula is C16H20F4N4O3. The van der Waals surface area contributed by atoms with E-state index in [9.17, 15) is 17.6 Å². The lowest BCUT2D eigenvalue weighted by Gasteiger charge is -2.12. The SMILES string of the molecule is Cc1nn(-c2cccc(F)c2)cc1CN[C@H](CN)CO.O=C(O)C(F)(F)F. The zero-order chi connectivity index (χ0) is 20.6. The smallest absolute Gasteiger partial charge is 0.475 e. The Morgan fingerprint density at radius 2 is 2.04 bits per heavy atom. The van der Waals surface area contributed by atoms with E-state index >= 15 is 0 Å². The standard InChI is InChI=1S/C14H19FN4O.C2HF3O2/c1-10-11(7-17-13(6-16)9-20)8-19(18-10)14-4-2-3-12(15)5-14;3-2(4,5)1(6)7/h2-5,8,13,17,20H,6-7,9,16H2,1H3;(H,6,7)/t13-;/m1./s1. The third-order valence-corrected chi connectivity index (χ3v) is 3.40. The summed E-state index contributed by atoms with van der Waals surface area (Å²) in [6, 6.07) is 6.14. The first-order chi connectivity index (χ1) is 12.6. The molecule has 7 nitrogen and oxygen atoms in total. The van der Waals surface area contributed by atoms with Crippen molar-refractivity contribution in [3.05, 3.63) is 47.5 Å². The van der Waals surface area contributed by atoms with E-state index in [-0.39, 0.29) is 18.5 Å². The molecule has 2 rings (SSSR count). The number of aryl methyl sites for hydroxylation is 1. The van der Waals surface area contributed by atoms with E-state index in [2.05, 4.69) is 10.4 Å². The highest BCUT2D eigenvalue weighted by molar-refractivity contribution is 5.73. The normalized spacial score (nSPS) is 12.3. The van der Waals surface area contributed by atoms with Gasteiger partial charge >= 0.3 is 12.1 Å². The topological polar surface area (TPSA) is 113 Å². The van der Waals surface area contributed by atoms with E-state index in [0.717, 1.165) is 11.3 Å². The molecule has 0 aliphatic heterocycles. The average molecular weight is 392 g/mol. The van der Waals surface area contributed by atoms with Crippen molar-refractivity contribution >= 4 is 5.97 Å². The van der Waals surface area contributed by atoms with E-state index in [1.54, 1.807) is 16.8 Å². The molecule has 0 aliphatic carbocycles. The molecule has 1 aromatic carbocycles. The molecule has 150 valence electrons. The maximum Gasteiger partial charge on any atom is 0.490 e. The van der Waals surface area contributed by atoms with Crippen LogP contribution >= 0.6 is 0 Å². The van der Waals surface area contributed by atoms with Gasteiger partial charge in [-0.25, -0.2) is 13.9 Å². The third kappa shape index (κ3) is 7.33. The fraction of sp³-hybridized carbons (Fsp3) is 0.375. The Kier molecular flexibility index (Phi) is 8.34. The molecule has 27 heavy (non-hydrogen) atoms. The number of alkyl halides is 3. The minimum atomic E-state index is -5.08. The summed E-state index contributed by atoms with van der Waals surface area (Å²) in [5.74, 6) is -3.05. The van der Waals surface area contributed by atoms with E-state index in [1.807, 2.05) is 13.1 Å². The Balaban J connectivity index is 0.000000445. The van der Waals surface area contributed by atoms with Crippen LogP contribution in [0.25, 0.3) is 5.69 Å². The monoisotopic (exact) mass is 392 g/mol. The Morgan fingerprint density at radius 3 is 2.52 bits per heavy atom. The number of aliphatic hydroxyl groups is 1. The average Bonchev–Trinajstić information content (AvgIpc) is 2.96. The van der Waals surface area contributed by atoms with Gasteiger partial charge in [0.15, 0.2) is 0 Å². The minimum Gasteiger partial charge on any atom is -0.475 e. The second kappa shape index (κ2) is 10.00. The molecule has 0 unspecified atom stereocenters. The first-order valence-electron chi connectivity index (χ1n) is 7.74. The van der Waals surface area contributed by atoms with Crippen molar-refractivity contribution in [2.24, 2.45) is 5.73 Å².